The Hall–Kier alpha value is -1.64. The predicted molar refractivity (Wildman–Crippen MR) is 66.1 cm³/mol. The van der Waals surface area contributed by atoms with Crippen LogP contribution in [0.15, 0.2) is 12.4 Å². The van der Waals surface area contributed by atoms with Crippen molar-refractivity contribution in [3.8, 4) is 6.07 Å². The summed E-state index contributed by atoms with van der Waals surface area (Å²) in [6, 6.07) is 2.07. The van der Waals surface area contributed by atoms with Gasteiger partial charge in [0.25, 0.3) is 0 Å². The second-order valence-corrected chi connectivity index (χ2v) is 4.60. The Labute approximate surface area is 109 Å². The van der Waals surface area contributed by atoms with Crippen molar-refractivity contribution in [1.82, 2.24) is 14.8 Å². The summed E-state index contributed by atoms with van der Waals surface area (Å²) >= 11 is 5.90. The highest BCUT2D eigenvalue weighted by molar-refractivity contribution is 6.31. The summed E-state index contributed by atoms with van der Waals surface area (Å²) in [5.41, 5.74) is 1.17. The summed E-state index contributed by atoms with van der Waals surface area (Å²) in [6.07, 6.45) is 6.37. The number of nitrogens with zero attached hydrogens (tertiary/aromatic N) is 4. The normalized spacial score (nSPS) is 19.9. The summed E-state index contributed by atoms with van der Waals surface area (Å²) in [6.45, 7) is 0.748. The molecule has 92 valence electrons. The second kappa shape index (κ2) is 4.56. The van der Waals surface area contributed by atoms with Crippen LogP contribution in [0.25, 0.3) is 10.9 Å². The van der Waals surface area contributed by atoms with E-state index < -0.39 is 0 Å². The molecule has 0 bridgehead atoms. The second-order valence-electron chi connectivity index (χ2n) is 4.25. The molecule has 3 rings (SSSR count). The van der Waals surface area contributed by atoms with E-state index in [1.807, 2.05) is 0 Å². The minimum absolute atomic E-state index is 0.0641. The molecule has 0 saturated carbocycles. The third kappa shape index (κ3) is 1.74. The first-order chi connectivity index (χ1) is 8.81. The number of aromatic nitrogens is 3. The van der Waals surface area contributed by atoms with Crippen molar-refractivity contribution in [2.24, 2.45) is 0 Å². The number of hydrogen-bond acceptors (Lipinski definition) is 4. The van der Waals surface area contributed by atoms with Crippen molar-refractivity contribution in [1.29, 1.82) is 5.26 Å². The first-order valence-electron chi connectivity index (χ1n) is 5.84. The third-order valence-corrected chi connectivity index (χ3v) is 3.44. The number of pyridine rings is 1. The first-order valence-corrected chi connectivity index (χ1v) is 6.22. The van der Waals surface area contributed by atoms with Gasteiger partial charge in [0.2, 0.25) is 0 Å². The van der Waals surface area contributed by atoms with E-state index in [2.05, 4.69) is 16.2 Å². The van der Waals surface area contributed by atoms with Gasteiger partial charge in [-0.3, -0.25) is 0 Å². The lowest BCUT2D eigenvalue weighted by atomic mass is 10.2. The Bertz CT molecular complexity index is 625. The van der Waals surface area contributed by atoms with Gasteiger partial charge in [0, 0.05) is 12.0 Å². The van der Waals surface area contributed by atoms with Crippen molar-refractivity contribution in [3.05, 3.63) is 23.1 Å². The van der Waals surface area contributed by atoms with Crippen LogP contribution in [0, 0.1) is 11.3 Å². The molecule has 6 heteroatoms. The summed E-state index contributed by atoms with van der Waals surface area (Å²) in [7, 11) is 0. The lowest BCUT2D eigenvalue weighted by Crippen LogP contribution is -2.19. The third-order valence-electron chi connectivity index (χ3n) is 3.15. The number of rotatable bonds is 1. The first kappa shape index (κ1) is 11.5. The van der Waals surface area contributed by atoms with Gasteiger partial charge in [-0.2, -0.15) is 10.4 Å². The van der Waals surface area contributed by atoms with Gasteiger partial charge < -0.3 is 4.74 Å². The van der Waals surface area contributed by atoms with E-state index in [1.54, 1.807) is 17.1 Å². The van der Waals surface area contributed by atoms with Gasteiger partial charge in [0.15, 0.2) is 6.23 Å². The number of ether oxygens (including phenoxy) is 1. The largest absolute Gasteiger partial charge is 0.356 e. The van der Waals surface area contributed by atoms with Crippen LogP contribution in [-0.4, -0.2) is 21.4 Å². The SMILES string of the molecule is N#Cc1c(Cl)ncc2c1cnn2C1CCCCO1. The van der Waals surface area contributed by atoms with Crippen molar-refractivity contribution >= 4 is 22.5 Å². The average Bonchev–Trinajstić information content (AvgIpc) is 2.83. The van der Waals surface area contributed by atoms with E-state index in [9.17, 15) is 0 Å². The van der Waals surface area contributed by atoms with Gasteiger partial charge in [0.05, 0.1) is 17.9 Å². The molecule has 1 atom stereocenters. The lowest BCUT2D eigenvalue weighted by molar-refractivity contribution is -0.0367. The average molecular weight is 263 g/mol. The molecule has 3 heterocycles. The molecular weight excluding hydrogens is 252 g/mol. The molecule has 1 aliphatic heterocycles. The molecule has 1 fully saturated rings. The highest BCUT2D eigenvalue weighted by Crippen LogP contribution is 2.28. The molecule has 1 aliphatic rings. The Balaban J connectivity index is 2.12. The molecule has 5 nitrogen and oxygen atoms in total. The lowest BCUT2D eigenvalue weighted by Gasteiger charge is -2.23. The van der Waals surface area contributed by atoms with Crippen LogP contribution in [0.4, 0.5) is 0 Å². The van der Waals surface area contributed by atoms with Crippen LogP contribution >= 0.6 is 11.6 Å². The van der Waals surface area contributed by atoms with Gasteiger partial charge in [-0.05, 0) is 19.3 Å². The summed E-state index contributed by atoms with van der Waals surface area (Å²) < 4.78 is 7.48. The summed E-state index contributed by atoms with van der Waals surface area (Å²) in [5.74, 6) is 0. The molecule has 1 saturated heterocycles. The Morgan fingerprint density at radius 3 is 3.06 bits per heavy atom. The molecule has 0 N–H and O–H groups in total. The van der Waals surface area contributed by atoms with Crippen LogP contribution in [0.5, 0.6) is 0 Å². The van der Waals surface area contributed by atoms with Gasteiger partial charge >= 0.3 is 0 Å². The number of halogens is 1. The Morgan fingerprint density at radius 2 is 2.33 bits per heavy atom. The maximum absolute atomic E-state index is 9.09. The minimum Gasteiger partial charge on any atom is -0.356 e. The van der Waals surface area contributed by atoms with Gasteiger partial charge in [-0.1, -0.05) is 11.6 Å². The Morgan fingerprint density at radius 1 is 1.44 bits per heavy atom. The van der Waals surface area contributed by atoms with Crippen molar-refractivity contribution in [2.75, 3.05) is 6.61 Å². The molecule has 18 heavy (non-hydrogen) atoms. The van der Waals surface area contributed by atoms with E-state index in [0.717, 1.165) is 36.8 Å². The molecule has 0 aromatic carbocycles. The van der Waals surface area contributed by atoms with Gasteiger partial charge in [-0.25, -0.2) is 9.67 Å². The summed E-state index contributed by atoms with van der Waals surface area (Å²) in [5, 5.41) is 14.3. The van der Waals surface area contributed by atoms with Crippen LogP contribution in [-0.2, 0) is 4.74 Å². The maximum Gasteiger partial charge on any atom is 0.150 e. The fourth-order valence-corrected chi connectivity index (χ4v) is 2.43. The molecule has 0 aliphatic carbocycles. The van der Waals surface area contributed by atoms with E-state index in [0.29, 0.717) is 5.56 Å². The van der Waals surface area contributed by atoms with Gasteiger partial charge in [-0.15, -0.1) is 0 Å². The van der Waals surface area contributed by atoms with Crippen molar-refractivity contribution in [2.45, 2.75) is 25.5 Å². The highest BCUT2D eigenvalue weighted by Gasteiger charge is 2.20. The topological polar surface area (TPSA) is 63.7 Å². The predicted octanol–water partition coefficient (Wildman–Crippen LogP) is 2.66. The molecular formula is C12H11ClN4O. The maximum atomic E-state index is 9.09. The number of fused-ring (bicyclic) bond motifs is 1. The standard InChI is InChI=1S/C12H11ClN4O/c13-12-8(5-14)9-6-16-17(10(9)7-15-12)11-3-1-2-4-18-11/h6-7,11H,1-4H2. The number of hydrogen-bond donors (Lipinski definition) is 0. The van der Waals surface area contributed by atoms with Crippen molar-refractivity contribution < 1.29 is 4.74 Å². The van der Waals surface area contributed by atoms with E-state index >= 15 is 0 Å². The fourth-order valence-electron chi connectivity index (χ4n) is 2.24. The molecule has 0 radical (unpaired) electrons. The van der Waals surface area contributed by atoms with Crippen LogP contribution < -0.4 is 0 Å². The van der Waals surface area contributed by atoms with E-state index in [1.165, 1.54) is 0 Å². The van der Waals surface area contributed by atoms with Gasteiger partial charge in [0.1, 0.15) is 16.8 Å². The van der Waals surface area contributed by atoms with Crippen LogP contribution in [0.2, 0.25) is 5.15 Å². The zero-order valence-electron chi connectivity index (χ0n) is 9.64. The zero-order chi connectivity index (χ0) is 12.5. The van der Waals surface area contributed by atoms with Crippen LogP contribution in [0.3, 0.4) is 0 Å². The van der Waals surface area contributed by atoms with Crippen LogP contribution in [0.1, 0.15) is 31.1 Å². The minimum atomic E-state index is -0.0641. The Kier molecular flexibility index (Phi) is 2.90. The molecule has 2 aromatic rings. The molecule has 2 aromatic heterocycles. The smallest absolute Gasteiger partial charge is 0.150 e. The fraction of sp³-hybridized carbons (Fsp3) is 0.417. The van der Waals surface area contributed by atoms with Crippen molar-refractivity contribution in [3.63, 3.8) is 0 Å². The highest BCUT2D eigenvalue weighted by atomic mass is 35.5. The molecule has 0 amide bonds. The monoisotopic (exact) mass is 262 g/mol. The van der Waals surface area contributed by atoms with E-state index in [-0.39, 0.29) is 11.4 Å². The quantitative estimate of drug-likeness (QED) is 0.741. The summed E-state index contributed by atoms with van der Waals surface area (Å²) in [4.78, 5) is 4.03. The number of nitriles is 1. The molecule has 1 unspecified atom stereocenters. The zero-order valence-corrected chi connectivity index (χ0v) is 10.4. The van der Waals surface area contributed by atoms with E-state index in [4.69, 9.17) is 21.6 Å². The molecule has 0 spiro atoms.